The summed E-state index contributed by atoms with van der Waals surface area (Å²) in [7, 11) is 0. The number of benzene rings is 1. The summed E-state index contributed by atoms with van der Waals surface area (Å²) in [5.74, 6) is 1.52. The van der Waals surface area contributed by atoms with Crippen molar-refractivity contribution in [2.24, 2.45) is 5.92 Å². The summed E-state index contributed by atoms with van der Waals surface area (Å²) in [5, 5.41) is 0. The molecule has 2 fully saturated rings. The molecule has 2 aliphatic heterocycles. The van der Waals surface area contributed by atoms with Crippen molar-refractivity contribution in [1.82, 2.24) is 14.9 Å². The summed E-state index contributed by atoms with van der Waals surface area (Å²) in [4.78, 5) is 25.0. The number of nitrogens with one attached hydrogen (secondary N) is 1. The van der Waals surface area contributed by atoms with Crippen molar-refractivity contribution in [1.29, 1.82) is 0 Å². The zero-order valence-electron chi connectivity index (χ0n) is 13.7. The molecule has 2 aliphatic rings. The Balaban J connectivity index is 1.43. The number of aromatic nitrogens is 2. The van der Waals surface area contributed by atoms with Crippen molar-refractivity contribution < 1.29 is 4.79 Å². The minimum absolute atomic E-state index is 0.205. The maximum atomic E-state index is 12.5. The van der Waals surface area contributed by atoms with Crippen LogP contribution in [0.3, 0.4) is 0 Å². The number of nitrogens with zero attached hydrogens (tertiary/aromatic N) is 3. The van der Waals surface area contributed by atoms with Gasteiger partial charge in [0.15, 0.2) is 0 Å². The van der Waals surface area contributed by atoms with Crippen molar-refractivity contribution in [3.05, 3.63) is 23.8 Å². The first-order valence-electron chi connectivity index (χ1n) is 8.71. The van der Waals surface area contributed by atoms with Crippen molar-refractivity contribution in [3.63, 3.8) is 0 Å². The molecule has 3 heterocycles. The molecule has 0 radical (unpaired) electrons. The van der Waals surface area contributed by atoms with E-state index in [9.17, 15) is 4.79 Å². The van der Waals surface area contributed by atoms with E-state index < -0.39 is 0 Å². The Morgan fingerprint density at radius 3 is 2.65 bits per heavy atom. The van der Waals surface area contributed by atoms with Crippen LogP contribution in [0.25, 0.3) is 11.0 Å². The van der Waals surface area contributed by atoms with Gasteiger partial charge in [0, 0.05) is 32.1 Å². The van der Waals surface area contributed by atoms with E-state index in [4.69, 9.17) is 4.98 Å². The minimum Gasteiger partial charge on any atom is -0.342 e. The average Bonchev–Trinajstić information content (AvgIpc) is 3.23. The zero-order chi connectivity index (χ0) is 15.8. The Morgan fingerprint density at radius 1 is 1.17 bits per heavy atom. The number of hydrogen-bond donors (Lipinski definition) is 1. The summed E-state index contributed by atoms with van der Waals surface area (Å²) in [5.41, 5.74) is 3.35. The second-order valence-corrected chi connectivity index (χ2v) is 6.87. The standard InChI is InChI=1S/C18H24N4O/c1-13-4-5-15-16(12-13)20-18(19-15)22-10-6-14(7-11-22)17(23)21-8-2-3-9-21/h4-5,12,14H,2-3,6-11H2,1H3,(H,19,20). The highest BCUT2D eigenvalue weighted by atomic mass is 16.2. The molecule has 2 saturated heterocycles. The van der Waals surface area contributed by atoms with Gasteiger partial charge in [0.25, 0.3) is 0 Å². The van der Waals surface area contributed by atoms with Crippen LogP contribution in [-0.4, -0.2) is 47.0 Å². The molecular formula is C18H24N4O. The molecule has 5 nitrogen and oxygen atoms in total. The van der Waals surface area contributed by atoms with Gasteiger partial charge in [-0.3, -0.25) is 4.79 Å². The topological polar surface area (TPSA) is 52.2 Å². The fourth-order valence-electron chi connectivity index (χ4n) is 3.79. The molecule has 1 amide bonds. The van der Waals surface area contributed by atoms with E-state index >= 15 is 0 Å². The molecule has 2 aromatic rings. The number of rotatable bonds is 2. The third-order valence-electron chi connectivity index (χ3n) is 5.19. The van der Waals surface area contributed by atoms with Gasteiger partial charge in [0.05, 0.1) is 11.0 Å². The number of carbonyl (C=O) groups excluding carboxylic acids is 1. The lowest BCUT2D eigenvalue weighted by Crippen LogP contribution is -2.42. The molecule has 1 aromatic heterocycles. The summed E-state index contributed by atoms with van der Waals surface area (Å²) >= 11 is 0. The highest BCUT2D eigenvalue weighted by Gasteiger charge is 2.30. The summed E-state index contributed by atoms with van der Waals surface area (Å²) in [6.45, 7) is 5.82. The molecule has 1 N–H and O–H groups in total. The van der Waals surface area contributed by atoms with E-state index in [1.165, 1.54) is 18.4 Å². The largest absolute Gasteiger partial charge is 0.342 e. The first kappa shape index (κ1) is 14.5. The van der Waals surface area contributed by atoms with Gasteiger partial charge in [-0.15, -0.1) is 0 Å². The van der Waals surface area contributed by atoms with Crippen LogP contribution < -0.4 is 4.90 Å². The van der Waals surface area contributed by atoms with Gasteiger partial charge in [-0.2, -0.15) is 0 Å². The number of piperidine rings is 1. The highest BCUT2D eigenvalue weighted by molar-refractivity contribution is 5.80. The van der Waals surface area contributed by atoms with Crippen LogP contribution in [0.5, 0.6) is 0 Å². The number of aryl methyl sites for hydroxylation is 1. The van der Waals surface area contributed by atoms with E-state index in [0.29, 0.717) is 5.91 Å². The Bertz CT molecular complexity index is 709. The number of amides is 1. The van der Waals surface area contributed by atoms with Crippen LogP contribution in [0.15, 0.2) is 18.2 Å². The SMILES string of the molecule is Cc1ccc2nc(N3CCC(C(=O)N4CCCC4)CC3)[nH]c2c1. The second kappa shape index (κ2) is 5.87. The number of hydrogen-bond acceptors (Lipinski definition) is 3. The van der Waals surface area contributed by atoms with Gasteiger partial charge < -0.3 is 14.8 Å². The van der Waals surface area contributed by atoms with Gasteiger partial charge in [0.2, 0.25) is 11.9 Å². The molecule has 23 heavy (non-hydrogen) atoms. The molecule has 4 rings (SSSR count). The van der Waals surface area contributed by atoms with Crippen LogP contribution in [0.4, 0.5) is 5.95 Å². The Kier molecular flexibility index (Phi) is 3.71. The first-order chi connectivity index (χ1) is 11.2. The summed E-state index contributed by atoms with van der Waals surface area (Å²) < 4.78 is 0. The van der Waals surface area contributed by atoms with E-state index in [1.54, 1.807) is 0 Å². The van der Waals surface area contributed by atoms with Crippen LogP contribution >= 0.6 is 0 Å². The number of carbonyl (C=O) groups is 1. The summed E-state index contributed by atoms with van der Waals surface area (Å²) in [6.07, 6.45) is 4.21. The van der Waals surface area contributed by atoms with Crippen molar-refractivity contribution in [2.45, 2.75) is 32.6 Å². The number of imidazole rings is 1. The molecule has 1 aromatic carbocycles. The van der Waals surface area contributed by atoms with Crippen LogP contribution in [-0.2, 0) is 4.79 Å². The Labute approximate surface area is 136 Å². The van der Waals surface area contributed by atoms with Crippen molar-refractivity contribution >= 4 is 22.9 Å². The second-order valence-electron chi connectivity index (χ2n) is 6.87. The van der Waals surface area contributed by atoms with E-state index in [2.05, 4.69) is 39.9 Å². The van der Waals surface area contributed by atoms with Crippen molar-refractivity contribution in [3.8, 4) is 0 Å². The molecule has 0 bridgehead atoms. The van der Waals surface area contributed by atoms with Crippen LogP contribution in [0.2, 0.25) is 0 Å². The van der Waals surface area contributed by atoms with Gasteiger partial charge in [-0.1, -0.05) is 6.07 Å². The Morgan fingerprint density at radius 2 is 1.91 bits per heavy atom. The predicted octanol–water partition coefficient (Wildman–Crippen LogP) is 2.71. The molecule has 5 heteroatoms. The lowest BCUT2D eigenvalue weighted by atomic mass is 9.95. The smallest absolute Gasteiger partial charge is 0.225 e. The van der Waals surface area contributed by atoms with E-state index in [0.717, 1.165) is 56.0 Å². The molecule has 0 saturated carbocycles. The molecular weight excluding hydrogens is 288 g/mol. The maximum absolute atomic E-state index is 12.5. The quantitative estimate of drug-likeness (QED) is 0.927. The zero-order valence-corrected chi connectivity index (χ0v) is 13.7. The van der Waals surface area contributed by atoms with Gasteiger partial charge in [-0.25, -0.2) is 4.98 Å². The first-order valence-corrected chi connectivity index (χ1v) is 8.71. The summed E-state index contributed by atoms with van der Waals surface area (Å²) in [6, 6.07) is 6.29. The molecule has 0 spiro atoms. The van der Waals surface area contributed by atoms with Gasteiger partial charge in [0.1, 0.15) is 0 Å². The molecule has 0 aliphatic carbocycles. The normalized spacial score (nSPS) is 19.7. The fraction of sp³-hybridized carbons (Fsp3) is 0.556. The number of likely N-dealkylation sites (tertiary alicyclic amines) is 1. The molecule has 0 unspecified atom stereocenters. The van der Waals surface area contributed by atoms with E-state index in [1.807, 2.05) is 0 Å². The minimum atomic E-state index is 0.205. The number of fused-ring (bicyclic) bond motifs is 1. The number of anilines is 1. The highest BCUT2D eigenvalue weighted by Crippen LogP contribution is 2.26. The van der Waals surface area contributed by atoms with Crippen molar-refractivity contribution in [2.75, 3.05) is 31.1 Å². The third kappa shape index (κ3) is 2.80. The van der Waals surface area contributed by atoms with Crippen LogP contribution in [0, 0.1) is 12.8 Å². The Hall–Kier alpha value is -2.04. The maximum Gasteiger partial charge on any atom is 0.225 e. The fourth-order valence-corrected chi connectivity index (χ4v) is 3.79. The van der Waals surface area contributed by atoms with Crippen LogP contribution in [0.1, 0.15) is 31.2 Å². The third-order valence-corrected chi connectivity index (χ3v) is 5.19. The lowest BCUT2D eigenvalue weighted by molar-refractivity contribution is -0.135. The van der Waals surface area contributed by atoms with E-state index in [-0.39, 0.29) is 5.92 Å². The molecule has 122 valence electrons. The number of aromatic amines is 1. The lowest BCUT2D eigenvalue weighted by Gasteiger charge is -2.32. The number of H-pyrrole nitrogens is 1. The molecule has 0 atom stereocenters. The average molecular weight is 312 g/mol. The van der Waals surface area contributed by atoms with Gasteiger partial charge in [-0.05, 0) is 50.3 Å². The monoisotopic (exact) mass is 312 g/mol. The predicted molar refractivity (Wildman–Crippen MR) is 91.6 cm³/mol. The van der Waals surface area contributed by atoms with Gasteiger partial charge >= 0.3 is 0 Å².